The van der Waals surface area contributed by atoms with E-state index < -0.39 is 17.6 Å². The minimum atomic E-state index is -4.57. The fraction of sp³-hybridized carbons (Fsp3) is 0.0833. The van der Waals surface area contributed by atoms with Crippen molar-refractivity contribution in [2.45, 2.75) is 6.18 Å². The lowest BCUT2D eigenvalue weighted by atomic mass is 10.2. The summed E-state index contributed by atoms with van der Waals surface area (Å²) in [5.74, 6) is -1.06. The average Bonchev–Trinajstić information content (AvgIpc) is 2.36. The third-order valence-electron chi connectivity index (χ3n) is 2.39. The van der Waals surface area contributed by atoms with E-state index in [1.807, 2.05) is 0 Å². The second-order valence-corrected chi connectivity index (χ2v) is 5.18. The van der Waals surface area contributed by atoms with Gasteiger partial charge in [0.15, 0.2) is 5.75 Å². The van der Waals surface area contributed by atoms with Crippen LogP contribution >= 0.6 is 27.5 Å². The number of nitrogen functional groups attached to an aromatic ring is 1. The average molecular weight is 386 g/mol. The number of benzene rings is 1. The lowest BCUT2D eigenvalue weighted by molar-refractivity contribution is -0.137. The number of nitrogens with zero attached hydrogens (tertiary/aromatic N) is 1. The van der Waals surface area contributed by atoms with Gasteiger partial charge in [0, 0.05) is 12.3 Å². The van der Waals surface area contributed by atoms with E-state index in [0.717, 1.165) is 6.07 Å². The number of rotatable bonds is 2. The van der Waals surface area contributed by atoms with Gasteiger partial charge in [-0.25, -0.2) is 9.37 Å². The van der Waals surface area contributed by atoms with Crippen LogP contribution in [0.1, 0.15) is 5.56 Å². The molecule has 21 heavy (non-hydrogen) atoms. The summed E-state index contributed by atoms with van der Waals surface area (Å²) in [6.45, 7) is 0. The van der Waals surface area contributed by atoms with Gasteiger partial charge in [0.25, 0.3) is 0 Å². The molecule has 1 aromatic carbocycles. The first-order valence-corrected chi connectivity index (χ1v) is 6.50. The fourth-order valence-corrected chi connectivity index (χ4v) is 1.96. The Balaban J connectivity index is 2.35. The number of halogens is 6. The SMILES string of the molecule is Nc1cc(Br)c(F)cc1Oc1ncc(C(F)(F)F)cc1Cl. The Morgan fingerprint density at radius 1 is 1.24 bits per heavy atom. The molecule has 0 saturated heterocycles. The van der Waals surface area contributed by atoms with Crippen molar-refractivity contribution in [1.29, 1.82) is 0 Å². The number of hydrogen-bond donors (Lipinski definition) is 1. The monoisotopic (exact) mass is 384 g/mol. The zero-order valence-electron chi connectivity index (χ0n) is 10.0. The van der Waals surface area contributed by atoms with E-state index in [1.54, 1.807) is 0 Å². The molecule has 0 radical (unpaired) electrons. The number of hydrogen-bond acceptors (Lipinski definition) is 3. The zero-order valence-corrected chi connectivity index (χ0v) is 12.4. The minimum Gasteiger partial charge on any atom is -0.435 e. The van der Waals surface area contributed by atoms with Crippen LogP contribution in [0, 0.1) is 5.82 Å². The van der Waals surface area contributed by atoms with Gasteiger partial charge in [0.2, 0.25) is 5.88 Å². The van der Waals surface area contributed by atoms with Crippen LogP contribution < -0.4 is 10.5 Å². The van der Waals surface area contributed by atoms with E-state index in [1.165, 1.54) is 6.07 Å². The molecule has 9 heteroatoms. The number of nitrogens with two attached hydrogens (primary N) is 1. The molecule has 0 fully saturated rings. The highest BCUT2D eigenvalue weighted by molar-refractivity contribution is 9.10. The summed E-state index contributed by atoms with van der Waals surface area (Å²) in [5, 5.41) is -0.368. The van der Waals surface area contributed by atoms with Gasteiger partial charge < -0.3 is 10.5 Å². The summed E-state index contributed by atoms with van der Waals surface area (Å²) in [6, 6.07) is 2.88. The molecular formula is C12H6BrClF4N2O. The summed E-state index contributed by atoms with van der Waals surface area (Å²) in [5.41, 5.74) is 4.67. The summed E-state index contributed by atoms with van der Waals surface area (Å²) in [4.78, 5) is 3.47. The number of ether oxygens (including phenoxy) is 1. The number of alkyl halides is 3. The molecule has 3 nitrogen and oxygen atoms in total. The topological polar surface area (TPSA) is 48.1 Å². The Hall–Kier alpha value is -1.54. The molecule has 0 aliphatic heterocycles. The maximum absolute atomic E-state index is 13.4. The number of aromatic nitrogens is 1. The first-order chi connectivity index (χ1) is 9.68. The maximum Gasteiger partial charge on any atom is 0.417 e. The van der Waals surface area contributed by atoms with Gasteiger partial charge in [-0.05, 0) is 28.1 Å². The van der Waals surface area contributed by atoms with Gasteiger partial charge in [0.05, 0.1) is 15.7 Å². The molecule has 112 valence electrons. The zero-order chi connectivity index (χ0) is 15.8. The Labute approximate surface area is 129 Å². The second kappa shape index (κ2) is 5.69. The van der Waals surface area contributed by atoms with Crippen molar-refractivity contribution in [3.8, 4) is 11.6 Å². The lowest BCUT2D eigenvalue weighted by Gasteiger charge is -2.11. The van der Waals surface area contributed by atoms with Crippen LogP contribution in [-0.4, -0.2) is 4.98 Å². The van der Waals surface area contributed by atoms with Crippen LogP contribution in [0.5, 0.6) is 11.6 Å². The normalized spacial score (nSPS) is 11.5. The maximum atomic E-state index is 13.4. The molecule has 2 aromatic rings. The van der Waals surface area contributed by atoms with Crippen molar-refractivity contribution in [2.75, 3.05) is 5.73 Å². The van der Waals surface area contributed by atoms with Crippen molar-refractivity contribution in [3.05, 3.63) is 45.3 Å². The van der Waals surface area contributed by atoms with E-state index in [0.29, 0.717) is 12.3 Å². The summed E-state index contributed by atoms with van der Waals surface area (Å²) in [6.07, 6.45) is -4.01. The summed E-state index contributed by atoms with van der Waals surface area (Å²) in [7, 11) is 0. The van der Waals surface area contributed by atoms with Gasteiger partial charge in [-0.1, -0.05) is 11.6 Å². The number of pyridine rings is 1. The molecule has 1 heterocycles. The molecule has 2 rings (SSSR count). The molecule has 0 bridgehead atoms. The van der Waals surface area contributed by atoms with Crippen molar-refractivity contribution in [3.63, 3.8) is 0 Å². The predicted octanol–water partition coefficient (Wildman–Crippen LogP) is 5.03. The predicted molar refractivity (Wildman–Crippen MR) is 72.8 cm³/mol. The molecule has 0 aliphatic rings. The summed E-state index contributed by atoms with van der Waals surface area (Å²) < 4.78 is 56.1. The van der Waals surface area contributed by atoms with E-state index in [4.69, 9.17) is 22.1 Å². The van der Waals surface area contributed by atoms with E-state index in [-0.39, 0.29) is 26.8 Å². The van der Waals surface area contributed by atoms with Gasteiger partial charge in [0.1, 0.15) is 10.8 Å². The van der Waals surface area contributed by atoms with Crippen molar-refractivity contribution < 1.29 is 22.3 Å². The van der Waals surface area contributed by atoms with Crippen LogP contribution in [0.2, 0.25) is 5.02 Å². The molecule has 0 aliphatic carbocycles. The first kappa shape index (κ1) is 15.8. The molecule has 2 N–H and O–H groups in total. The molecule has 1 aromatic heterocycles. The first-order valence-electron chi connectivity index (χ1n) is 5.33. The van der Waals surface area contributed by atoms with E-state index in [2.05, 4.69) is 20.9 Å². The smallest absolute Gasteiger partial charge is 0.417 e. The van der Waals surface area contributed by atoms with Crippen molar-refractivity contribution >= 4 is 33.2 Å². The van der Waals surface area contributed by atoms with Crippen molar-refractivity contribution in [1.82, 2.24) is 4.98 Å². The highest BCUT2D eigenvalue weighted by atomic mass is 79.9. The van der Waals surface area contributed by atoms with E-state index in [9.17, 15) is 17.6 Å². The highest BCUT2D eigenvalue weighted by Gasteiger charge is 2.31. The molecule has 0 spiro atoms. The minimum absolute atomic E-state index is 0.0704. The van der Waals surface area contributed by atoms with Crippen LogP contribution in [0.15, 0.2) is 28.9 Å². The van der Waals surface area contributed by atoms with Crippen molar-refractivity contribution in [2.24, 2.45) is 0 Å². The largest absolute Gasteiger partial charge is 0.435 e. The third-order valence-corrected chi connectivity index (χ3v) is 3.27. The second-order valence-electron chi connectivity index (χ2n) is 3.91. The van der Waals surface area contributed by atoms with Crippen LogP contribution in [0.25, 0.3) is 0 Å². The Morgan fingerprint density at radius 3 is 2.48 bits per heavy atom. The Morgan fingerprint density at radius 2 is 1.90 bits per heavy atom. The molecule has 0 unspecified atom stereocenters. The van der Waals surface area contributed by atoms with Gasteiger partial charge in [-0.2, -0.15) is 13.2 Å². The van der Waals surface area contributed by atoms with Crippen LogP contribution in [0.3, 0.4) is 0 Å². The lowest BCUT2D eigenvalue weighted by Crippen LogP contribution is -2.06. The molecular weight excluding hydrogens is 379 g/mol. The van der Waals surface area contributed by atoms with Gasteiger partial charge in [-0.3, -0.25) is 0 Å². The Bertz CT molecular complexity index is 694. The molecule has 0 amide bonds. The van der Waals surface area contributed by atoms with Gasteiger partial charge in [-0.15, -0.1) is 0 Å². The van der Waals surface area contributed by atoms with Gasteiger partial charge >= 0.3 is 6.18 Å². The van der Waals surface area contributed by atoms with E-state index >= 15 is 0 Å². The van der Waals surface area contributed by atoms with Crippen LogP contribution in [0.4, 0.5) is 23.2 Å². The van der Waals surface area contributed by atoms with Crippen LogP contribution in [-0.2, 0) is 6.18 Å². The highest BCUT2D eigenvalue weighted by Crippen LogP contribution is 2.37. The fourth-order valence-electron chi connectivity index (χ4n) is 1.39. The standard InChI is InChI=1S/C12H6BrClF4N2O/c13-6-2-9(19)10(3-8(6)15)21-11-7(14)1-5(4-20-11)12(16,17)18/h1-4H,19H2. The molecule has 0 atom stereocenters. The quantitative estimate of drug-likeness (QED) is 0.583. The third kappa shape index (κ3) is 3.56. The molecule has 0 saturated carbocycles. The number of anilines is 1. The summed E-state index contributed by atoms with van der Waals surface area (Å²) >= 11 is 8.61. The Kier molecular flexibility index (Phi) is 4.29.